The zero-order chi connectivity index (χ0) is 16.7. The Kier molecular flexibility index (Phi) is 3.79. The van der Waals surface area contributed by atoms with Gasteiger partial charge in [0.05, 0.1) is 17.0 Å². The van der Waals surface area contributed by atoms with Gasteiger partial charge in [-0.15, -0.1) is 0 Å². The fourth-order valence-electron chi connectivity index (χ4n) is 2.43. The molecule has 0 N–H and O–H groups in total. The number of nitro groups is 1. The summed E-state index contributed by atoms with van der Waals surface area (Å²) in [7, 11) is 0. The molecule has 0 radical (unpaired) electrons. The maximum atomic E-state index is 12.4. The second kappa shape index (κ2) is 5.64. The minimum absolute atomic E-state index is 0.0225. The van der Waals surface area contributed by atoms with Gasteiger partial charge in [0.25, 0.3) is 17.5 Å². The Balaban J connectivity index is 2.01. The van der Waals surface area contributed by atoms with E-state index in [1.54, 1.807) is 12.1 Å². The summed E-state index contributed by atoms with van der Waals surface area (Å²) in [5.41, 5.74) is -0.0272. The van der Waals surface area contributed by atoms with Gasteiger partial charge in [-0.3, -0.25) is 24.6 Å². The Morgan fingerprint density at radius 2 is 1.83 bits per heavy atom. The summed E-state index contributed by atoms with van der Waals surface area (Å²) in [6, 6.07) is 8.65. The molecule has 2 aromatic carbocycles. The molecule has 1 aliphatic heterocycles. The first kappa shape index (κ1) is 15.5. The molecule has 1 heterocycles. The van der Waals surface area contributed by atoms with Crippen LogP contribution < -0.4 is 0 Å². The normalized spacial score (nSPS) is 13.4. The van der Waals surface area contributed by atoms with Crippen LogP contribution in [0.1, 0.15) is 26.3 Å². The van der Waals surface area contributed by atoms with Crippen LogP contribution in [0.3, 0.4) is 0 Å². The van der Waals surface area contributed by atoms with Crippen LogP contribution in [0.2, 0.25) is 10.0 Å². The molecule has 116 valence electrons. The van der Waals surface area contributed by atoms with Crippen molar-refractivity contribution < 1.29 is 14.5 Å². The van der Waals surface area contributed by atoms with Crippen molar-refractivity contribution in [2.45, 2.75) is 6.54 Å². The van der Waals surface area contributed by atoms with E-state index in [-0.39, 0.29) is 23.4 Å². The predicted molar refractivity (Wildman–Crippen MR) is 83.8 cm³/mol. The lowest BCUT2D eigenvalue weighted by atomic mass is 10.1. The molecule has 2 amide bonds. The Bertz CT molecular complexity index is 867. The lowest BCUT2D eigenvalue weighted by molar-refractivity contribution is -0.385. The fourth-order valence-corrected chi connectivity index (χ4v) is 2.90. The summed E-state index contributed by atoms with van der Waals surface area (Å²) >= 11 is 11.9. The van der Waals surface area contributed by atoms with Gasteiger partial charge in [-0.1, -0.05) is 35.3 Å². The fraction of sp³-hybridized carbons (Fsp3) is 0.0667. The number of carbonyl (C=O) groups excluding carboxylic acids is 2. The third-order valence-corrected chi connectivity index (χ3v) is 4.10. The molecular weight excluding hydrogens is 343 g/mol. The van der Waals surface area contributed by atoms with Crippen molar-refractivity contribution in [1.29, 1.82) is 0 Å². The Labute approximate surface area is 140 Å². The summed E-state index contributed by atoms with van der Waals surface area (Å²) in [6.45, 7) is -0.0838. The zero-order valence-electron chi connectivity index (χ0n) is 11.5. The van der Waals surface area contributed by atoms with Crippen LogP contribution in [-0.4, -0.2) is 21.6 Å². The zero-order valence-corrected chi connectivity index (χ0v) is 13.0. The minimum Gasteiger partial charge on any atom is -0.270 e. The first-order valence-corrected chi connectivity index (χ1v) is 7.23. The van der Waals surface area contributed by atoms with E-state index in [4.69, 9.17) is 23.2 Å². The average molecular weight is 351 g/mol. The summed E-state index contributed by atoms with van der Waals surface area (Å²) < 4.78 is 0. The van der Waals surface area contributed by atoms with Crippen LogP contribution in [-0.2, 0) is 6.54 Å². The van der Waals surface area contributed by atoms with Crippen molar-refractivity contribution in [3.05, 3.63) is 73.2 Å². The second-order valence-corrected chi connectivity index (χ2v) is 5.73. The molecule has 23 heavy (non-hydrogen) atoms. The van der Waals surface area contributed by atoms with Gasteiger partial charge in [-0.25, -0.2) is 0 Å². The van der Waals surface area contributed by atoms with E-state index in [1.165, 1.54) is 24.3 Å². The van der Waals surface area contributed by atoms with Crippen molar-refractivity contribution in [3.63, 3.8) is 0 Å². The lowest BCUT2D eigenvalue weighted by Crippen LogP contribution is -2.29. The lowest BCUT2D eigenvalue weighted by Gasteiger charge is -2.14. The molecule has 0 fully saturated rings. The molecule has 2 aromatic rings. The molecule has 3 rings (SSSR count). The number of nitro benzene ring substituents is 1. The molecule has 0 saturated heterocycles. The van der Waals surface area contributed by atoms with E-state index in [0.717, 1.165) is 4.90 Å². The number of imide groups is 1. The highest BCUT2D eigenvalue weighted by Gasteiger charge is 2.40. The van der Waals surface area contributed by atoms with Gasteiger partial charge >= 0.3 is 0 Å². The van der Waals surface area contributed by atoms with Gasteiger partial charge in [0, 0.05) is 16.1 Å². The molecular formula is C15H8Cl2N2O4. The van der Waals surface area contributed by atoms with Crippen molar-refractivity contribution in [3.8, 4) is 0 Å². The van der Waals surface area contributed by atoms with Crippen LogP contribution in [0.15, 0.2) is 36.4 Å². The monoisotopic (exact) mass is 350 g/mol. The molecule has 6 nitrogen and oxygen atoms in total. The highest BCUT2D eigenvalue weighted by molar-refractivity contribution is 6.35. The van der Waals surface area contributed by atoms with Gasteiger partial charge in [-0.2, -0.15) is 0 Å². The third kappa shape index (κ3) is 2.56. The number of hydrogen-bond acceptors (Lipinski definition) is 4. The van der Waals surface area contributed by atoms with Crippen molar-refractivity contribution in [2.24, 2.45) is 0 Å². The smallest absolute Gasteiger partial charge is 0.270 e. The predicted octanol–water partition coefficient (Wildman–Crippen LogP) is 3.70. The van der Waals surface area contributed by atoms with Crippen LogP contribution in [0, 0.1) is 10.1 Å². The van der Waals surface area contributed by atoms with Crippen molar-refractivity contribution in [1.82, 2.24) is 4.90 Å². The largest absolute Gasteiger partial charge is 0.282 e. The summed E-state index contributed by atoms with van der Waals surface area (Å²) in [6.07, 6.45) is 0. The molecule has 0 atom stereocenters. The van der Waals surface area contributed by atoms with E-state index in [0.29, 0.717) is 15.6 Å². The quantitative estimate of drug-likeness (QED) is 0.480. The van der Waals surface area contributed by atoms with Gasteiger partial charge in [0.2, 0.25) is 0 Å². The Morgan fingerprint density at radius 1 is 1.09 bits per heavy atom. The third-order valence-electron chi connectivity index (χ3n) is 3.52. The highest BCUT2D eigenvalue weighted by Crippen LogP contribution is 2.32. The summed E-state index contributed by atoms with van der Waals surface area (Å²) in [4.78, 5) is 36.1. The van der Waals surface area contributed by atoms with Gasteiger partial charge in [-0.05, 0) is 23.8 Å². The number of halogens is 2. The molecule has 1 aliphatic rings. The van der Waals surface area contributed by atoms with Crippen molar-refractivity contribution in [2.75, 3.05) is 0 Å². The van der Waals surface area contributed by atoms with E-state index in [2.05, 4.69) is 0 Å². The van der Waals surface area contributed by atoms with E-state index in [1.807, 2.05) is 0 Å². The minimum atomic E-state index is -0.705. The van der Waals surface area contributed by atoms with Gasteiger partial charge < -0.3 is 0 Å². The number of carbonyl (C=O) groups is 2. The van der Waals surface area contributed by atoms with Crippen LogP contribution in [0.25, 0.3) is 0 Å². The molecule has 0 aromatic heterocycles. The first-order valence-electron chi connectivity index (χ1n) is 6.47. The first-order chi connectivity index (χ1) is 10.9. The van der Waals surface area contributed by atoms with Crippen molar-refractivity contribution >= 4 is 40.7 Å². The summed E-state index contributed by atoms with van der Waals surface area (Å²) in [5, 5.41) is 11.8. The van der Waals surface area contributed by atoms with Gasteiger partial charge in [0.15, 0.2) is 0 Å². The van der Waals surface area contributed by atoms with Crippen LogP contribution in [0.5, 0.6) is 0 Å². The SMILES string of the molecule is O=C1c2cccc([N+](=O)[O-])c2C(=O)N1Cc1ccc(Cl)cc1Cl. The number of nitrogens with zero attached hydrogens (tertiary/aromatic N) is 2. The topological polar surface area (TPSA) is 80.5 Å². The number of benzene rings is 2. The maximum Gasteiger partial charge on any atom is 0.282 e. The maximum absolute atomic E-state index is 12.4. The molecule has 0 bridgehead atoms. The van der Waals surface area contributed by atoms with E-state index in [9.17, 15) is 19.7 Å². The van der Waals surface area contributed by atoms with E-state index < -0.39 is 16.7 Å². The number of amides is 2. The standard InChI is InChI=1S/C15H8Cl2N2O4/c16-9-5-4-8(11(17)6-9)7-18-14(20)10-2-1-3-12(19(22)23)13(10)15(18)21/h1-6H,7H2. The molecule has 0 aliphatic carbocycles. The number of fused-ring (bicyclic) bond motifs is 1. The van der Waals surface area contributed by atoms with E-state index >= 15 is 0 Å². The van der Waals surface area contributed by atoms with Crippen LogP contribution >= 0.6 is 23.2 Å². The summed E-state index contributed by atoms with van der Waals surface area (Å²) in [5.74, 6) is -1.29. The molecule has 8 heteroatoms. The molecule has 0 unspecified atom stereocenters. The molecule has 0 spiro atoms. The number of rotatable bonds is 3. The Hall–Kier alpha value is -2.44. The molecule has 0 saturated carbocycles. The Morgan fingerprint density at radius 3 is 2.48 bits per heavy atom. The number of hydrogen-bond donors (Lipinski definition) is 0. The second-order valence-electron chi connectivity index (χ2n) is 4.89. The average Bonchev–Trinajstić information content (AvgIpc) is 2.74. The van der Waals surface area contributed by atoms with Gasteiger partial charge in [0.1, 0.15) is 5.56 Å². The highest BCUT2D eigenvalue weighted by atomic mass is 35.5. The van der Waals surface area contributed by atoms with Crippen LogP contribution in [0.4, 0.5) is 5.69 Å².